The normalized spacial score (nSPS) is 10.1. The molecule has 0 amide bonds. The molecule has 1 aromatic heterocycles. The number of aromatic amines is 1. The van der Waals surface area contributed by atoms with Gasteiger partial charge in [-0.3, -0.25) is 8.42 Å². The highest BCUT2D eigenvalue weighted by Crippen LogP contribution is 1.78. The summed E-state index contributed by atoms with van der Waals surface area (Å²) >= 11 is 0. The van der Waals surface area contributed by atoms with Crippen LogP contribution in [0.1, 0.15) is 5.82 Å². The summed E-state index contributed by atoms with van der Waals surface area (Å²) < 4.78 is 34.1. The molecule has 7 heteroatoms. The van der Waals surface area contributed by atoms with E-state index in [-0.39, 0.29) is 0 Å². The van der Waals surface area contributed by atoms with Crippen molar-refractivity contribution < 1.29 is 17.5 Å². The SMILES string of the molecule is Cc1ncc[nH]1.O=S(=O)([O-])[O-]. The minimum absolute atomic E-state index is 0.968. The molecule has 0 aromatic carbocycles. The first-order valence-corrected chi connectivity index (χ1v) is 3.85. The lowest BCUT2D eigenvalue weighted by molar-refractivity contribution is 0.352. The molecule has 1 N–H and O–H groups in total. The van der Waals surface area contributed by atoms with Crippen molar-refractivity contribution in [2.24, 2.45) is 0 Å². The Morgan fingerprint density at radius 3 is 2.09 bits per heavy atom. The van der Waals surface area contributed by atoms with E-state index in [4.69, 9.17) is 17.5 Å². The molecule has 0 saturated heterocycles. The van der Waals surface area contributed by atoms with E-state index in [1.807, 2.05) is 6.92 Å². The van der Waals surface area contributed by atoms with Gasteiger partial charge in [-0.25, -0.2) is 4.98 Å². The fourth-order valence-electron chi connectivity index (χ4n) is 0.344. The number of aryl methyl sites for hydroxylation is 1. The molecule has 11 heavy (non-hydrogen) atoms. The molecule has 0 saturated carbocycles. The molecular weight excluding hydrogens is 172 g/mol. The van der Waals surface area contributed by atoms with Crippen LogP contribution in [0.2, 0.25) is 0 Å². The number of H-pyrrole nitrogens is 1. The van der Waals surface area contributed by atoms with Crippen molar-refractivity contribution in [3.63, 3.8) is 0 Å². The van der Waals surface area contributed by atoms with E-state index in [1.54, 1.807) is 12.4 Å². The van der Waals surface area contributed by atoms with Gasteiger partial charge in [0.05, 0.1) is 0 Å². The van der Waals surface area contributed by atoms with E-state index in [0.29, 0.717) is 0 Å². The Bertz CT molecular complexity index is 269. The van der Waals surface area contributed by atoms with Crippen molar-refractivity contribution in [3.8, 4) is 0 Å². The van der Waals surface area contributed by atoms with Crippen molar-refractivity contribution in [2.75, 3.05) is 0 Å². The first-order chi connectivity index (χ1) is 4.89. The van der Waals surface area contributed by atoms with Crippen LogP contribution in [-0.2, 0) is 10.4 Å². The van der Waals surface area contributed by atoms with Crippen LogP contribution < -0.4 is 0 Å². The molecule has 0 fully saturated rings. The third-order valence-electron chi connectivity index (χ3n) is 0.635. The molecule has 0 aliphatic carbocycles. The van der Waals surface area contributed by atoms with Crippen LogP contribution in [0.3, 0.4) is 0 Å². The second kappa shape index (κ2) is 4.06. The number of hydrogen-bond acceptors (Lipinski definition) is 5. The predicted molar refractivity (Wildman–Crippen MR) is 33.8 cm³/mol. The summed E-state index contributed by atoms with van der Waals surface area (Å²) in [5.74, 6) is 0.968. The summed E-state index contributed by atoms with van der Waals surface area (Å²) in [6.45, 7) is 1.92. The van der Waals surface area contributed by atoms with Gasteiger partial charge in [0.15, 0.2) is 0 Å². The van der Waals surface area contributed by atoms with E-state index in [1.165, 1.54) is 0 Å². The first kappa shape index (κ1) is 10.1. The van der Waals surface area contributed by atoms with Crippen LogP contribution in [0.25, 0.3) is 0 Å². The molecule has 0 bridgehead atoms. The highest BCUT2D eigenvalue weighted by Gasteiger charge is 1.73. The minimum Gasteiger partial charge on any atom is -0.759 e. The van der Waals surface area contributed by atoms with Crippen LogP contribution in [0.5, 0.6) is 0 Å². The maximum atomic E-state index is 8.52. The van der Waals surface area contributed by atoms with Gasteiger partial charge in [-0.05, 0) is 6.92 Å². The van der Waals surface area contributed by atoms with Crippen LogP contribution in [0.4, 0.5) is 0 Å². The van der Waals surface area contributed by atoms with Gasteiger partial charge in [-0.1, -0.05) is 0 Å². The summed E-state index contributed by atoms with van der Waals surface area (Å²) in [7, 11) is -5.17. The fourth-order valence-corrected chi connectivity index (χ4v) is 0.344. The second-order valence-corrected chi connectivity index (χ2v) is 2.40. The zero-order chi connectivity index (χ0) is 8.91. The lowest BCUT2D eigenvalue weighted by Crippen LogP contribution is -1.91. The second-order valence-electron chi connectivity index (χ2n) is 1.58. The smallest absolute Gasteiger partial charge is 0.102 e. The van der Waals surface area contributed by atoms with Gasteiger partial charge in [0.1, 0.15) is 5.82 Å². The molecule has 1 aromatic rings. The quantitative estimate of drug-likeness (QED) is 0.420. The van der Waals surface area contributed by atoms with E-state index >= 15 is 0 Å². The Hall–Kier alpha value is -0.920. The summed E-state index contributed by atoms with van der Waals surface area (Å²) in [4.78, 5) is 6.75. The average molecular weight is 178 g/mol. The van der Waals surface area contributed by atoms with Gasteiger partial charge >= 0.3 is 0 Å². The Morgan fingerprint density at radius 2 is 2.00 bits per heavy atom. The van der Waals surface area contributed by atoms with Crippen LogP contribution >= 0.6 is 0 Å². The van der Waals surface area contributed by atoms with Gasteiger partial charge < -0.3 is 14.1 Å². The lowest BCUT2D eigenvalue weighted by atomic mass is 10.8. The minimum atomic E-state index is -5.17. The predicted octanol–water partition coefficient (Wildman–Crippen LogP) is -0.620. The van der Waals surface area contributed by atoms with Gasteiger partial charge in [0.25, 0.3) is 0 Å². The van der Waals surface area contributed by atoms with Crippen molar-refractivity contribution in [2.45, 2.75) is 6.92 Å². The molecule has 1 heterocycles. The van der Waals surface area contributed by atoms with E-state index in [9.17, 15) is 0 Å². The number of imidazole rings is 1. The molecule has 0 atom stereocenters. The molecule has 1 rings (SSSR count). The fraction of sp³-hybridized carbons (Fsp3) is 0.250. The largest absolute Gasteiger partial charge is 0.759 e. The maximum absolute atomic E-state index is 8.52. The summed E-state index contributed by atoms with van der Waals surface area (Å²) in [5, 5.41) is 0. The highest BCUT2D eigenvalue weighted by molar-refractivity contribution is 7.79. The lowest BCUT2D eigenvalue weighted by Gasteiger charge is -2.06. The average Bonchev–Trinajstić information content (AvgIpc) is 2.12. The Morgan fingerprint density at radius 1 is 1.55 bits per heavy atom. The van der Waals surface area contributed by atoms with Gasteiger partial charge in [0.2, 0.25) is 0 Å². The topological polar surface area (TPSA) is 109 Å². The van der Waals surface area contributed by atoms with Crippen molar-refractivity contribution >= 4 is 10.4 Å². The first-order valence-electron chi connectivity index (χ1n) is 2.52. The Labute approximate surface area is 63.9 Å². The summed E-state index contributed by atoms with van der Waals surface area (Å²) in [5.41, 5.74) is 0. The number of aromatic nitrogens is 2. The van der Waals surface area contributed by atoms with Gasteiger partial charge in [0, 0.05) is 22.8 Å². The third kappa shape index (κ3) is 12.3. The zero-order valence-corrected chi connectivity index (χ0v) is 6.46. The Kier molecular flexibility index (Phi) is 3.72. The number of nitrogens with zero attached hydrogens (tertiary/aromatic N) is 1. The molecule has 0 aliphatic heterocycles. The zero-order valence-electron chi connectivity index (χ0n) is 5.64. The molecule has 0 unspecified atom stereocenters. The van der Waals surface area contributed by atoms with Crippen molar-refractivity contribution in [1.82, 2.24) is 9.97 Å². The molecular formula is C4H6N2O4S-2. The molecule has 0 radical (unpaired) electrons. The van der Waals surface area contributed by atoms with E-state index < -0.39 is 10.4 Å². The molecule has 0 spiro atoms. The number of nitrogens with one attached hydrogen (secondary N) is 1. The van der Waals surface area contributed by atoms with Crippen molar-refractivity contribution in [3.05, 3.63) is 18.2 Å². The summed E-state index contributed by atoms with van der Waals surface area (Å²) in [6, 6.07) is 0. The van der Waals surface area contributed by atoms with Crippen LogP contribution in [0, 0.1) is 6.92 Å². The van der Waals surface area contributed by atoms with E-state index in [0.717, 1.165) is 5.82 Å². The number of hydrogen-bond donors (Lipinski definition) is 1. The molecule has 6 nitrogen and oxygen atoms in total. The maximum Gasteiger partial charge on any atom is 0.102 e. The van der Waals surface area contributed by atoms with Gasteiger partial charge in [-0.2, -0.15) is 0 Å². The van der Waals surface area contributed by atoms with Crippen LogP contribution in [0.15, 0.2) is 12.4 Å². The number of rotatable bonds is 0. The van der Waals surface area contributed by atoms with Crippen LogP contribution in [-0.4, -0.2) is 27.5 Å². The third-order valence-corrected chi connectivity index (χ3v) is 0.635. The molecule has 0 aliphatic rings. The summed E-state index contributed by atoms with van der Waals surface area (Å²) in [6.07, 6.45) is 3.53. The standard InChI is InChI=1S/C4H6N2.H2O4S/c1-4-5-2-3-6-4;1-5(2,3)4/h2-3H,1H3,(H,5,6);(H2,1,2,3,4)/p-2. The van der Waals surface area contributed by atoms with Gasteiger partial charge in [-0.15, -0.1) is 0 Å². The van der Waals surface area contributed by atoms with Crippen molar-refractivity contribution in [1.29, 1.82) is 0 Å². The highest BCUT2D eigenvalue weighted by atomic mass is 32.3. The molecule has 64 valence electrons. The monoisotopic (exact) mass is 178 g/mol. The Balaban J connectivity index is 0.000000187. The van der Waals surface area contributed by atoms with E-state index in [2.05, 4.69) is 9.97 Å².